The number of benzene rings is 3. The van der Waals surface area contributed by atoms with Crippen molar-refractivity contribution in [1.29, 1.82) is 0 Å². The topological polar surface area (TPSA) is 152 Å². The normalized spacial score (nSPS) is 12.5. The molecule has 0 unspecified atom stereocenters. The van der Waals surface area contributed by atoms with E-state index in [1.54, 1.807) is 63.2 Å². The molecule has 0 saturated carbocycles. The van der Waals surface area contributed by atoms with Crippen molar-refractivity contribution in [3.63, 3.8) is 0 Å². The van der Waals surface area contributed by atoms with Gasteiger partial charge in [0.25, 0.3) is 5.91 Å². The van der Waals surface area contributed by atoms with Gasteiger partial charge in [-0.1, -0.05) is 30.3 Å². The average Bonchev–Trinajstić information content (AvgIpc) is 3.38. The van der Waals surface area contributed by atoms with Gasteiger partial charge in [0.2, 0.25) is 16.0 Å². The van der Waals surface area contributed by atoms with Gasteiger partial charge in [0, 0.05) is 18.7 Å². The number of nitrogens with zero attached hydrogens (tertiary/aromatic N) is 1. The number of aromatic amines is 1. The molecule has 11 nitrogen and oxygen atoms in total. The number of hydrogen-bond donors (Lipinski definition) is 4. The van der Waals surface area contributed by atoms with Crippen LogP contribution in [0.5, 0.6) is 5.75 Å². The Balaban J connectivity index is 1.27. The summed E-state index contributed by atoms with van der Waals surface area (Å²) in [6.45, 7) is 5.83. The average molecular weight is 594 g/mol. The SMILES string of the molecule is CC(C)(C)OC(=O)[C@H](CNC(=O)c1ccc(OCCCNc2nc3ccccc3[nH]2)cc1)NS(=O)(=O)c1ccccc1. The first-order valence-corrected chi connectivity index (χ1v) is 15.0. The third-order valence-corrected chi connectivity index (χ3v) is 7.38. The molecule has 0 aliphatic heterocycles. The monoisotopic (exact) mass is 593 g/mol. The lowest BCUT2D eigenvalue weighted by molar-refractivity contribution is -0.156. The third-order valence-electron chi connectivity index (χ3n) is 5.90. The molecular formula is C30H35N5O6S. The summed E-state index contributed by atoms with van der Waals surface area (Å²) < 4.78 is 39.2. The van der Waals surface area contributed by atoms with Gasteiger partial charge >= 0.3 is 5.97 Å². The van der Waals surface area contributed by atoms with Crippen molar-refractivity contribution in [2.45, 2.75) is 43.7 Å². The van der Waals surface area contributed by atoms with Gasteiger partial charge in [-0.25, -0.2) is 13.4 Å². The fraction of sp³-hybridized carbons (Fsp3) is 0.300. The number of ether oxygens (including phenoxy) is 2. The molecule has 222 valence electrons. The summed E-state index contributed by atoms with van der Waals surface area (Å²) >= 11 is 0. The van der Waals surface area contributed by atoms with Crippen LogP contribution in [0.4, 0.5) is 5.95 Å². The van der Waals surface area contributed by atoms with Gasteiger partial charge in [0.1, 0.15) is 17.4 Å². The molecule has 4 N–H and O–H groups in total. The predicted octanol–water partition coefficient (Wildman–Crippen LogP) is 3.86. The van der Waals surface area contributed by atoms with Gasteiger partial charge in [-0.15, -0.1) is 0 Å². The van der Waals surface area contributed by atoms with Gasteiger partial charge in [-0.05, 0) is 75.7 Å². The first kappa shape index (κ1) is 30.5. The maximum atomic E-state index is 12.8. The minimum atomic E-state index is -4.04. The van der Waals surface area contributed by atoms with Crippen molar-refractivity contribution >= 4 is 38.9 Å². The lowest BCUT2D eigenvalue weighted by Crippen LogP contribution is -2.50. The zero-order chi connectivity index (χ0) is 30.2. The van der Waals surface area contributed by atoms with Crippen LogP contribution in [0, 0.1) is 0 Å². The molecule has 0 aliphatic carbocycles. The van der Waals surface area contributed by atoms with Crippen molar-refractivity contribution in [2.75, 3.05) is 25.0 Å². The van der Waals surface area contributed by atoms with Crippen LogP contribution in [0.2, 0.25) is 0 Å². The number of esters is 1. The van der Waals surface area contributed by atoms with E-state index in [2.05, 4.69) is 25.3 Å². The number of anilines is 1. The molecule has 0 saturated heterocycles. The lowest BCUT2D eigenvalue weighted by atomic mass is 10.2. The van der Waals surface area contributed by atoms with E-state index in [1.807, 2.05) is 24.3 Å². The number of imidazole rings is 1. The number of H-pyrrole nitrogens is 1. The van der Waals surface area contributed by atoms with Crippen molar-refractivity contribution in [3.05, 3.63) is 84.4 Å². The first-order valence-electron chi connectivity index (χ1n) is 13.5. The third kappa shape index (κ3) is 8.79. The minimum Gasteiger partial charge on any atom is -0.494 e. The van der Waals surface area contributed by atoms with Crippen LogP contribution in [-0.4, -0.2) is 61.6 Å². The Bertz CT molecular complexity index is 1570. The molecule has 12 heteroatoms. The van der Waals surface area contributed by atoms with Crippen LogP contribution in [0.3, 0.4) is 0 Å². The number of sulfonamides is 1. The van der Waals surface area contributed by atoms with Crippen LogP contribution >= 0.6 is 0 Å². The Morgan fingerprint density at radius 2 is 1.64 bits per heavy atom. The molecule has 1 aromatic heterocycles. The Kier molecular flexibility index (Phi) is 9.81. The summed E-state index contributed by atoms with van der Waals surface area (Å²) in [5.74, 6) is 0.01000. The highest BCUT2D eigenvalue weighted by Gasteiger charge is 2.30. The highest BCUT2D eigenvalue weighted by molar-refractivity contribution is 7.89. The van der Waals surface area contributed by atoms with Crippen LogP contribution < -0.4 is 20.1 Å². The number of amides is 1. The van der Waals surface area contributed by atoms with Gasteiger partial charge in [0.05, 0.1) is 22.5 Å². The Morgan fingerprint density at radius 1 is 0.952 bits per heavy atom. The van der Waals surface area contributed by atoms with Gasteiger partial charge in [-0.2, -0.15) is 4.72 Å². The second-order valence-electron chi connectivity index (χ2n) is 10.5. The van der Waals surface area contributed by atoms with Crippen LogP contribution in [0.1, 0.15) is 37.6 Å². The summed E-state index contributed by atoms with van der Waals surface area (Å²) in [6, 6.07) is 20.6. The number of nitrogens with one attached hydrogen (secondary N) is 4. The minimum absolute atomic E-state index is 0.00853. The van der Waals surface area contributed by atoms with Crippen molar-refractivity contribution < 1.29 is 27.5 Å². The van der Waals surface area contributed by atoms with Crippen molar-refractivity contribution in [3.8, 4) is 5.75 Å². The van der Waals surface area contributed by atoms with E-state index in [9.17, 15) is 18.0 Å². The molecule has 0 aliphatic rings. The van der Waals surface area contributed by atoms with Gasteiger partial charge in [-0.3, -0.25) is 9.59 Å². The van der Waals surface area contributed by atoms with E-state index in [1.165, 1.54) is 12.1 Å². The van der Waals surface area contributed by atoms with Gasteiger partial charge in [0.15, 0.2) is 0 Å². The van der Waals surface area contributed by atoms with E-state index in [0.717, 1.165) is 17.5 Å². The number of para-hydroxylation sites is 2. The molecule has 0 spiro atoms. The summed E-state index contributed by atoms with van der Waals surface area (Å²) in [7, 11) is -4.04. The number of fused-ring (bicyclic) bond motifs is 1. The van der Waals surface area contributed by atoms with E-state index in [4.69, 9.17) is 9.47 Å². The van der Waals surface area contributed by atoms with Crippen LogP contribution in [-0.2, 0) is 19.6 Å². The van der Waals surface area contributed by atoms with Crippen LogP contribution in [0.15, 0.2) is 83.8 Å². The maximum Gasteiger partial charge on any atom is 0.326 e. The molecule has 4 rings (SSSR count). The van der Waals surface area contributed by atoms with Crippen molar-refractivity contribution in [1.82, 2.24) is 20.0 Å². The van der Waals surface area contributed by atoms with Gasteiger partial charge < -0.3 is 25.1 Å². The zero-order valence-electron chi connectivity index (χ0n) is 23.7. The Labute approximate surface area is 245 Å². The number of hydrogen-bond acceptors (Lipinski definition) is 8. The summed E-state index contributed by atoms with van der Waals surface area (Å²) in [5, 5.41) is 5.86. The summed E-state index contributed by atoms with van der Waals surface area (Å²) in [6.07, 6.45) is 0.726. The highest BCUT2D eigenvalue weighted by Crippen LogP contribution is 2.15. The molecule has 1 heterocycles. The number of carbonyl (C=O) groups excluding carboxylic acids is 2. The molecule has 3 aromatic carbocycles. The lowest BCUT2D eigenvalue weighted by Gasteiger charge is -2.24. The van der Waals surface area contributed by atoms with E-state index in [0.29, 0.717) is 30.4 Å². The molecule has 0 bridgehead atoms. The molecule has 4 aromatic rings. The number of aromatic nitrogens is 2. The summed E-state index contributed by atoms with van der Waals surface area (Å²) in [4.78, 5) is 33.3. The molecule has 1 amide bonds. The standard InChI is InChI=1S/C30H35N5O6S/c1-30(2,3)41-28(37)26(35-42(38,39)23-10-5-4-6-11-23)20-32-27(36)21-14-16-22(17-15-21)40-19-9-18-31-29-33-24-12-7-8-13-25(24)34-29/h4-8,10-17,26,35H,9,18-20H2,1-3H3,(H,32,36)(H2,31,33,34)/t26-/m0/s1. The maximum absolute atomic E-state index is 12.8. The molecule has 0 radical (unpaired) electrons. The zero-order valence-corrected chi connectivity index (χ0v) is 24.5. The second kappa shape index (κ2) is 13.5. The predicted molar refractivity (Wildman–Crippen MR) is 160 cm³/mol. The summed E-state index contributed by atoms with van der Waals surface area (Å²) in [5.41, 5.74) is 1.34. The van der Waals surface area contributed by atoms with E-state index < -0.39 is 33.5 Å². The molecular weight excluding hydrogens is 558 g/mol. The fourth-order valence-electron chi connectivity index (χ4n) is 3.91. The molecule has 1 atom stereocenters. The van der Waals surface area contributed by atoms with E-state index in [-0.39, 0.29) is 11.4 Å². The van der Waals surface area contributed by atoms with E-state index >= 15 is 0 Å². The van der Waals surface area contributed by atoms with Crippen LogP contribution in [0.25, 0.3) is 11.0 Å². The number of rotatable bonds is 13. The Hall–Kier alpha value is -4.42. The quantitative estimate of drug-likeness (QED) is 0.135. The highest BCUT2D eigenvalue weighted by atomic mass is 32.2. The number of carbonyl (C=O) groups is 2. The molecule has 42 heavy (non-hydrogen) atoms. The van der Waals surface area contributed by atoms with Crippen molar-refractivity contribution in [2.24, 2.45) is 0 Å². The largest absolute Gasteiger partial charge is 0.494 e. The first-order chi connectivity index (χ1) is 20.0. The molecule has 0 fully saturated rings. The second-order valence-corrected chi connectivity index (χ2v) is 12.2. The fourth-order valence-corrected chi connectivity index (χ4v) is 5.11. The smallest absolute Gasteiger partial charge is 0.326 e. The Morgan fingerprint density at radius 3 is 2.33 bits per heavy atom.